The van der Waals surface area contributed by atoms with E-state index >= 15 is 0 Å². The number of aromatic amines is 1. The Morgan fingerprint density at radius 2 is 2.00 bits per heavy atom. The number of aromatic nitrogens is 4. The van der Waals surface area contributed by atoms with Gasteiger partial charge in [0.1, 0.15) is 6.33 Å². The van der Waals surface area contributed by atoms with Crippen LogP contribution in [0.2, 0.25) is 0 Å². The maximum atomic E-state index is 12.1. The number of nitrogens with zero attached hydrogens (tertiary/aromatic N) is 3. The molecule has 4 aromatic rings. The van der Waals surface area contributed by atoms with Gasteiger partial charge in [0.05, 0.1) is 22.2 Å². The van der Waals surface area contributed by atoms with Gasteiger partial charge in [-0.25, -0.2) is 14.8 Å². The molecule has 0 aliphatic carbocycles. The molecule has 2 aromatic carbocycles. The minimum Gasteiger partial charge on any atom is -0.305 e. The highest BCUT2D eigenvalue weighted by atomic mass is 16.1. The summed E-state index contributed by atoms with van der Waals surface area (Å²) >= 11 is 0. The molecule has 0 aliphatic heterocycles. The fraction of sp³-hybridized carbons (Fsp3) is 0. The molecule has 0 atom stereocenters. The van der Waals surface area contributed by atoms with Crippen LogP contribution in [0.5, 0.6) is 0 Å². The van der Waals surface area contributed by atoms with Gasteiger partial charge >= 0.3 is 5.69 Å². The highest BCUT2D eigenvalue weighted by Gasteiger charge is 2.08. The Kier molecular flexibility index (Phi) is 2.20. The molecule has 20 heavy (non-hydrogen) atoms. The van der Waals surface area contributed by atoms with Crippen molar-refractivity contribution in [2.75, 3.05) is 0 Å². The van der Waals surface area contributed by atoms with Crippen LogP contribution < -0.4 is 5.69 Å². The molecule has 4 rings (SSSR count). The zero-order valence-electron chi connectivity index (χ0n) is 10.4. The van der Waals surface area contributed by atoms with Crippen molar-refractivity contribution in [3.05, 3.63) is 65.5 Å². The predicted octanol–water partition coefficient (Wildman–Crippen LogP) is 2.26. The monoisotopic (exact) mass is 262 g/mol. The van der Waals surface area contributed by atoms with Crippen molar-refractivity contribution in [3.63, 3.8) is 0 Å². The highest BCUT2D eigenvalue weighted by molar-refractivity contribution is 5.82. The van der Waals surface area contributed by atoms with E-state index in [9.17, 15) is 4.79 Å². The Labute approximate surface area is 113 Å². The van der Waals surface area contributed by atoms with Crippen molar-refractivity contribution in [1.82, 2.24) is 19.5 Å². The smallest absolute Gasteiger partial charge is 0.305 e. The molecule has 0 saturated heterocycles. The number of hydrogen-bond acceptors (Lipinski definition) is 3. The van der Waals surface area contributed by atoms with Gasteiger partial charge in [-0.2, -0.15) is 0 Å². The van der Waals surface area contributed by atoms with Gasteiger partial charge in [0.2, 0.25) is 0 Å². The first-order valence-electron chi connectivity index (χ1n) is 6.23. The molecular formula is C15H10N4O. The Balaban J connectivity index is 2.06. The summed E-state index contributed by atoms with van der Waals surface area (Å²) in [5.41, 5.74) is 3.12. The molecule has 2 aromatic heterocycles. The van der Waals surface area contributed by atoms with E-state index in [0.29, 0.717) is 0 Å². The molecule has 0 aliphatic rings. The summed E-state index contributed by atoms with van der Waals surface area (Å²) in [5, 5.41) is 0.948. The number of imidazole rings is 1. The maximum absolute atomic E-state index is 12.1. The zero-order chi connectivity index (χ0) is 13.5. The highest BCUT2D eigenvalue weighted by Crippen LogP contribution is 2.18. The van der Waals surface area contributed by atoms with Crippen molar-refractivity contribution in [1.29, 1.82) is 0 Å². The number of nitrogens with one attached hydrogen (secondary N) is 1. The van der Waals surface area contributed by atoms with Crippen LogP contribution in [-0.2, 0) is 0 Å². The number of rotatable bonds is 1. The summed E-state index contributed by atoms with van der Waals surface area (Å²) in [6, 6.07) is 13.3. The summed E-state index contributed by atoms with van der Waals surface area (Å²) in [4.78, 5) is 23.2. The molecule has 96 valence electrons. The van der Waals surface area contributed by atoms with Crippen LogP contribution in [0.3, 0.4) is 0 Å². The Hall–Kier alpha value is -2.95. The second-order valence-electron chi connectivity index (χ2n) is 4.55. The number of fused-ring (bicyclic) bond motifs is 2. The second kappa shape index (κ2) is 4.03. The molecule has 5 nitrogen and oxygen atoms in total. The molecule has 0 amide bonds. The van der Waals surface area contributed by atoms with E-state index < -0.39 is 0 Å². The molecule has 0 spiro atoms. The fourth-order valence-corrected chi connectivity index (χ4v) is 2.41. The van der Waals surface area contributed by atoms with Crippen molar-refractivity contribution >= 4 is 21.9 Å². The summed E-state index contributed by atoms with van der Waals surface area (Å²) in [7, 11) is 0. The lowest BCUT2D eigenvalue weighted by Gasteiger charge is -2.04. The van der Waals surface area contributed by atoms with E-state index in [-0.39, 0.29) is 5.69 Å². The lowest BCUT2D eigenvalue weighted by atomic mass is 10.2. The number of H-pyrrole nitrogens is 1. The molecule has 0 radical (unpaired) electrons. The topological polar surface area (TPSA) is 63.6 Å². The lowest BCUT2D eigenvalue weighted by Crippen LogP contribution is -2.14. The van der Waals surface area contributed by atoms with Gasteiger partial charge in [0.15, 0.2) is 0 Å². The van der Waals surface area contributed by atoms with Crippen LogP contribution in [-0.4, -0.2) is 19.5 Å². The van der Waals surface area contributed by atoms with Gasteiger partial charge in [0, 0.05) is 11.6 Å². The minimum atomic E-state index is -0.153. The Morgan fingerprint density at radius 3 is 2.95 bits per heavy atom. The third-order valence-electron chi connectivity index (χ3n) is 3.34. The predicted molar refractivity (Wildman–Crippen MR) is 77.0 cm³/mol. The lowest BCUT2D eigenvalue weighted by molar-refractivity contribution is 1.02. The molecule has 0 bridgehead atoms. The molecule has 0 saturated carbocycles. The van der Waals surface area contributed by atoms with Gasteiger partial charge in [-0.15, -0.1) is 0 Å². The van der Waals surface area contributed by atoms with Gasteiger partial charge in [0.25, 0.3) is 0 Å². The van der Waals surface area contributed by atoms with Crippen LogP contribution in [0, 0.1) is 0 Å². The molecular weight excluding hydrogens is 252 g/mol. The Bertz CT molecular complexity index is 984. The van der Waals surface area contributed by atoms with Gasteiger partial charge in [-0.3, -0.25) is 4.57 Å². The number of hydrogen-bond donors (Lipinski definition) is 1. The van der Waals surface area contributed by atoms with Crippen LogP contribution in [0.4, 0.5) is 0 Å². The van der Waals surface area contributed by atoms with E-state index in [1.165, 1.54) is 6.33 Å². The van der Waals surface area contributed by atoms with Crippen LogP contribution in [0.25, 0.3) is 27.6 Å². The van der Waals surface area contributed by atoms with E-state index in [2.05, 4.69) is 15.0 Å². The quantitative estimate of drug-likeness (QED) is 0.572. The van der Waals surface area contributed by atoms with Crippen LogP contribution in [0.1, 0.15) is 0 Å². The van der Waals surface area contributed by atoms with E-state index in [0.717, 1.165) is 27.6 Å². The number of para-hydroxylation sites is 2. The minimum absolute atomic E-state index is 0.153. The maximum Gasteiger partial charge on any atom is 0.331 e. The normalized spacial score (nSPS) is 11.2. The third kappa shape index (κ3) is 1.53. The first-order valence-corrected chi connectivity index (χ1v) is 6.23. The largest absolute Gasteiger partial charge is 0.331 e. The van der Waals surface area contributed by atoms with Gasteiger partial charge < -0.3 is 4.98 Å². The second-order valence-corrected chi connectivity index (χ2v) is 4.55. The Morgan fingerprint density at radius 1 is 1.10 bits per heavy atom. The van der Waals surface area contributed by atoms with Gasteiger partial charge in [-0.1, -0.05) is 12.1 Å². The summed E-state index contributed by atoms with van der Waals surface area (Å²) < 4.78 is 1.65. The zero-order valence-corrected chi connectivity index (χ0v) is 10.4. The average molecular weight is 262 g/mol. The fourth-order valence-electron chi connectivity index (χ4n) is 2.41. The van der Waals surface area contributed by atoms with Crippen LogP contribution >= 0.6 is 0 Å². The van der Waals surface area contributed by atoms with Crippen molar-refractivity contribution in [3.8, 4) is 5.69 Å². The van der Waals surface area contributed by atoms with Crippen molar-refractivity contribution < 1.29 is 0 Å². The van der Waals surface area contributed by atoms with E-state index in [1.54, 1.807) is 10.8 Å². The van der Waals surface area contributed by atoms with Crippen molar-refractivity contribution in [2.45, 2.75) is 0 Å². The summed E-state index contributed by atoms with van der Waals surface area (Å²) in [6.45, 7) is 0. The number of benzene rings is 2. The van der Waals surface area contributed by atoms with Crippen molar-refractivity contribution in [2.24, 2.45) is 0 Å². The van der Waals surface area contributed by atoms with E-state index in [4.69, 9.17) is 0 Å². The molecule has 2 heterocycles. The molecule has 1 N–H and O–H groups in total. The summed E-state index contributed by atoms with van der Waals surface area (Å²) in [6.07, 6.45) is 3.26. The van der Waals surface area contributed by atoms with E-state index in [1.807, 2.05) is 42.5 Å². The molecule has 0 unspecified atom stereocenters. The SMILES string of the molecule is O=c1[nH]c2ccccc2n1-c1ccc2cncnc2c1. The van der Waals surface area contributed by atoms with Gasteiger partial charge in [-0.05, 0) is 30.3 Å². The third-order valence-corrected chi connectivity index (χ3v) is 3.34. The first kappa shape index (κ1) is 10.9. The first-order chi connectivity index (χ1) is 9.83. The standard InChI is InChI=1S/C15H10N4O/c20-15-18-12-3-1-2-4-14(12)19(15)11-6-5-10-8-16-9-17-13(10)7-11/h1-9H,(H,18,20). The molecule has 0 fully saturated rings. The van der Waals surface area contributed by atoms with Crippen LogP contribution in [0.15, 0.2) is 59.8 Å². The molecule has 5 heteroatoms. The summed E-state index contributed by atoms with van der Waals surface area (Å²) in [5.74, 6) is 0. The average Bonchev–Trinajstić information content (AvgIpc) is 2.82.